The highest BCUT2D eigenvalue weighted by Gasteiger charge is 2.28. The monoisotopic (exact) mass is 251 g/mol. The first-order chi connectivity index (χ1) is 8.74. The molecular weight excluding hydrogens is 234 g/mol. The molecule has 1 saturated heterocycles. The highest BCUT2D eigenvalue weighted by Crippen LogP contribution is 2.23. The van der Waals surface area contributed by atoms with Gasteiger partial charge in [-0.2, -0.15) is 0 Å². The molecule has 0 saturated carbocycles. The summed E-state index contributed by atoms with van der Waals surface area (Å²) >= 11 is 0. The molecule has 0 spiro atoms. The highest BCUT2D eigenvalue weighted by atomic mass is 16.5. The second-order valence-corrected chi connectivity index (χ2v) is 5.15. The maximum Gasteiger partial charge on any atom is 0.307 e. The van der Waals surface area contributed by atoms with Crippen LogP contribution < -0.4 is 0 Å². The first kappa shape index (κ1) is 11.6. The average Bonchev–Trinajstić information content (AvgIpc) is 2.99. The number of hydrogen-bond donors (Lipinski definition) is 1. The maximum atomic E-state index is 11.0. The summed E-state index contributed by atoms with van der Waals surface area (Å²) in [4.78, 5) is 11.0. The molecule has 3 heterocycles. The van der Waals surface area contributed by atoms with Crippen LogP contribution in [0.1, 0.15) is 24.5 Å². The lowest BCUT2D eigenvalue weighted by Crippen LogP contribution is -2.26. The third-order valence-electron chi connectivity index (χ3n) is 3.88. The van der Waals surface area contributed by atoms with E-state index in [2.05, 4.69) is 14.8 Å². The fourth-order valence-corrected chi connectivity index (χ4v) is 2.75. The lowest BCUT2D eigenvalue weighted by molar-refractivity contribution is -0.142. The predicted molar refractivity (Wildman–Crippen MR) is 62.1 cm³/mol. The van der Waals surface area contributed by atoms with Gasteiger partial charge in [0.1, 0.15) is 11.6 Å². The summed E-state index contributed by atoms with van der Waals surface area (Å²) in [5, 5.41) is 17.4. The Hall–Kier alpha value is -1.43. The Morgan fingerprint density at radius 3 is 3.06 bits per heavy atom. The van der Waals surface area contributed by atoms with E-state index in [0.29, 0.717) is 18.8 Å². The number of fused-ring (bicyclic) bond motifs is 1. The molecule has 3 rings (SSSR count). The van der Waals surface area contributed by atoms with Gasteiger partial charge in [-0.15, -0.1) is 10.2 Å². The largest absolute Gasteiger partial charge is 0.481 e. The second-order valence-electron chi connectivity index (χ2n) is 5.15. The van der Waals surface area contributed by atoms with Crippen LogP contribution in [0.3, 0.4) is 0 Å². The molecule has 0 bridgehead atoms. The van der Waals surface area contributed by atoms with Crippen LogP contribution >= 0.6 is 0 Å². The fourth-order valence-electron chi connectivity index (χ4n) is 2.75. The molecule has 1 aromatic rings. The van der Waals surface area contributed by atoms with Gasteiger partial charge in [-0.05, 0) is 18.8 Å². The first-order valence-electron chi connectivity index (χ1n) is 6.45. The summed E-state index contributed by atoms with van der Waals surface area (Å²) < 4.78 is 7.46. The van der Waals surface area contributed by atoms with E-state index < -0.39 is 5.97 Å². The van der Waals surface area contributed by atoms with Gasteiger partial charge in [0.05, 0.1) is 5.92 Å². The van der Waals surface area contributed by atoms with Gasteiger partial charge in [0, 0.05) is 32.6 Å². The van der Waals surface area contributed by atoms with Crippen LogP contribution in [0.2, 0.25) is 0 Å². The van der Waals surface area contributed by atoms with Crippen LogP contribution in [-0.2, 0) is 28.9 Å². The van der Waals surface area contributed by atoms with Gasteiger partial charge in [-0.1, -0.05) is 0 Å². The lowest BCUT2D eigenvalue weighted by Gasteiger charge is -2.20. The normalized spacial score (nSPS) is 27.1. The van der Waals surface area contributed by atoms with Crippen molar-refractivity contribution in [1.29, 1.82) is 0 Å². The van der Waals surface area contributed by atoms with Crippen LogP contribution in [0.5, 0.6) is 0 Å². The molecule has 0 radical (unpaired) electrons. The number of rotatable bonds is 3. The van der Waals surface area contributed by atoms with Gasteiger partial charge in [0.25, 0.3) is 0 Å². The zero-order valence-corrected chi connectivity index (χ0v) is 10.2. The van der Waals surface area contributed by atoms with E-state index in [1.807, 2.05) is 0 Å². The van der Waals surface area contributed by atoms with Gasteiger partial charge in [-0.3, -0.25) is 4.79 Å². The second kappa shape index (κ2) is 4.68. The van der Waals surface area contributed by atoms with E-state index in [1.54, 1.807) is 0 Å². The van der Waals surface area contributed by atoms with Gasteiger partial charge < -0.3 is 14.4 Å². The van der Waals surface area contributed by atoms with E-state index in [0.717, 1.165) is 44.2 Å². The molecule has 1 aromatic heterocycles. The molecule has 2 atom stereocenters. The van der Waals surface area contributed by atoms with Crippen molar-refractivity contribution in [3.63, 3.8) is 0 Å². The molecule has 98 valence electrons. The standard InChI is InChI=1S/C12H17N3O3/c16-12(17)9-1-3-15-10(13-14-11(15)6-9)5-8-2-4-18-7-8/h8-9H,1-7H2,(H,16,17). The molecule has 0 amide bonds. The van der Waals surface area contributed by atoms with Crippen LogP contribution in [0, 0.1) is 11.8 Å². The fraction of sp³-hybridized carbons (Fsp3) is 0.750. The van der Waals surface area contributed by atoms with Crippen LogP contribution in [0.25, 0.3) is 0 Å². The van der Waals surface area contributed by atoms with Crippen molar-refractivity contribution in [1.82, 2.24) is 14.8 Å². The van der Waals surface area contributed by atoms with Crippen molar-refractivity contribution < 1.29 is 14.6 Å². The van der Waals surface area contributed by atoms with E-state index in [9.17, 15) is 4.79 Å². The summed E-state index contributed by atoms with van der Waals surface area (Å²) in [6.07, 6.45) is 3.16. The molecule has 1 fully saturated rings. The SMILES string of the molecule is O=C(O)C1CCn2c(CC3CCOC3)nnc2C1. The maximum absolute atomic E-state index is 11.0. The summed E-state index contributed by atoms with van der Waals surface area (Å²) in [5.74, 6) is 1.32. The summed E-state index contributed by atoms with van der Waals surface area (Å²) in [5.41, 5.74) is 0. The van der Waals surface area contributed by atoms with Crippen LogP contribution in [0.15, 0.2) is 0 Å². The minimum Gasteiger partial charge on any atom is -0.481 e. The number of ether oxygens (including phenoxy) is 1. The molecule has 6 nitrogen and oxygen atoms in total. The summed E-state index contributed by atoms with van der Waals surface area (Å²) in [6, 6.07) is 0. The van der Waals surface area contributed by atoms with E-state index in [4.69, 9.17) is 9.84 Å². The summed E-state index contributed by atoms with van der Waals surface area (Å²) in [7, 11) is 0. The van der Waals surface area contributed by atoms with Gasteiger partial charge in [0.15, 0.2) is 0 Å². The number of nitrogens with zero attached hydrogens (tertiary/aromatic N) is 3. The van der Waals surface area contributed by atoms with Gasteiger partial charge >= 0.3 is 5.97 Å². The van der Waals surface area contributed by atoms with Crippen LogP contribution in [0.4, 0.5) is 0 Å². The third kappa shape index (κ3) is 2.12. The molecular formula is C12H17N3O3. The van der Waals surface area contributed by atoms with Crippen molar-refractivity contribution in [2.24, 2.45) is 11.8 Å². The highest BCUT2D eigenvalue weighted by molar-refractivity contribution is 5.70. The number of carbonyl (C=O) groups is 1. The van der Waals surface area contributed by atoms with E-state index in [1.165, 1.54) is 0 Å². The predicted octanol–water partition coefficient (Wildman–Crippen LogP) is 0.504. The van der Waals surface area contributed by atoms with Crippen LogP contribution in [-0.4, -0.2) is 39.1 Å². The van der Waals surface area contributed by atoms with E-state index >= 15 is 0 Å². The van der Waals surface area contributed by atoms with E-state index in [-0.39, 0.29) is 5.92 Å². The third-order valence-corrected chi connectivity index (χ3v) is 3.88. The van der Waals surface area contributed by atoms with Crippen molar-refractivity contribution in [3.8, 4) is 0 Å². The van der Waals surface area contributed by atoms with Crippen molar-refractivity contribution in [2.45, 2.75) is 32.2 Å². The quantitative estimate of drug-likeness (QED) is 0.846. The molecule has 2 unspecified atom stereocenters. The minimum absolute atomic E-state index is 0.302. The smallest absolute Gasteiger partial charge is 0.307 e. The molecule has 0 aliphatic carbocycles. The Morgan fingerprint density at radius 1 is 1.44 bits per heavy atom. The van der Waals surface area contributed by atoms with Gasteiger partial charge in [0.2, 0.25) is 0 Å². The molecule has 0 aromatic carbocycles. The van der Waals surface area contributed by atoms with Crippen molar-refractivity contribution in [3.05, 3.63) is 11.6 Å². The Labute approximate surface area is 105 Å². The molecule has 2 aliphatic rings. The Kier molecular flexibility index (Phi) is 3.03. The molecule has 1 N–H and O–H groups in total. The van der Waals surface area contributed by atoms with Crippen molar-refractivity contribution >= 4 is 5.97 Å². The van der Waals surface area contributed by atoms with Gasteiger partial charge in [-0.25, -0.2) is 0 Å². The Morgan fingerprint density at radius 2 is 2.33 bits per heavy atom. The molecule has 18 heavy (non-hydrogen) atoms. The molecule has 6 heteroatoms. The topological polar surface area (TPSA) is 77.2 Å². The average molecular weight is 251 g/mol. The van der Waals surface area contributed by atoms with Crippen molar-refractivity contribution in [2.75, 3.05) is 13.2 Å². The number of hydrogen-bond acceptors (Lipinski definition) is 4. The first-order valence-corrected chi connectivity index (χ1v) is 6.45. The Balaban J connectivity index is 1.73. The lowest BCUT2D eigenvalue weighted by atomic mass is 9.97. The molecule has 2 aliphatic heterocycles. The zero-order valence-electron chi connectivity index (χ0n) is 10.2. The number of carboxylic acid groups (broad SMARTS) is 1. The minimum atomic E-state index is -0.727. The number of aromatic nitrogens is 3. The number of aliphatic carboxylic acids is 1. The zero-order chi connectivity index (χ0) is 12.5. The Bertz CT molecular complexity index is 451. The number of carboxylic acids is 1. The summed E-state index contributed by atoms with van der Waals surface area (Å²) in [6.45, 7) is 2.37.